The molecule has 0 spiro atoms. The lowest BCUT2D eigenvalue weighted by molar-refractivity contribution is 0.239. The van der Waals surface area contributed by atoms with Gasteiger partial charge in [-0.05, 0) is 6.42 Å². The molecule has 0 amide bonds. The number of ether oxygens (including phenoxy) is 1. The van der Waals surface area contributed by atoms with Gasteiger partial charge in [0.2, 0.25) is 0 Å². The number of hydrogen-bond acceptors (Lipinski definition) is 1. The fraction of sp³-hybridized carbons (Fsp3) is 0.667. The van der Waals surface area contributed by atoms with Gasteiger partial charge in [0.25, 0.3) is 0 Å². The number of unbranched alkanes of at least 4 members (excludes halogenated alkanes) is 1. The van der Waals surface area contributed by atoms with Gasteiger partial charge < -0.3 is 4.74 Å². The predicted octanol–water partition coefficient (Wildman–Crippen LogP) is 2.24. The second kappa shape index (κ2) is 6.47. The Morgan fingerprint density at radius 2 is 2.38 bits per heavy atom. The summed E-state index contributed by atoms with van der Waals surface area (Å²) in [5.41, 5.74) is 0. The molecule has 0 aliphatic heterocycles. The minimum absolute atomic E-state index is 0.398. The molecule has 0 radical (unpaired) electrons. The topological polar surface area (TPSA) is 9.23 Å². The van der Waals surface area contributed by atoms with Crippen molar-refractivity contribution in [3.05, 3.63) is 12.6 Å². The van der Waals surface area contributed by atoms with Crippen molar-refractivity contribution in [1.29, 1.82) is 0 Å². The van der Waals surface area contributed by atoms with Crippen LogP contribution in [0, 0.1) is 0 Å². The van der Waals surface area contributed by atoms with Crippen LogP contribution in [-0.4, -0.2) is 6.61 Å². The SMILES string of the molecule is CCCCO/C=C/F. The molecule has 0 heterocycles. The lowest BCUT2D eigenvalue weighted by atomic mass is 10.4. The summed E-state index contributed by atoms with van der Waals surface area (Å²) in [5.74, 6) is 0. The number of hydrogen-bond donors (Lipinski definition) is 0. The summed E-state index contributed by atoms with van der Waals surface area (Å²) < 4.78 is 15.8. The highest BCUT2D eigenvalue weighted by Gasteiger charge is 1.77. The van der Waals surface area contributed by atoms with E-state index in [0.29, 0.717) is 12.9 Å². The Morgan fingerprint density at radius 1 is 1.62 bits per heavy atom. The maximum absolute atomic E-state index is 11.1. The molecule has 8 heavy (non-hydrogen) atoms. The first-order chi connectivity index (χ1) is 3.91. The van der Waals surface area contributed by atoms with Crippen LogP contribution < -0.4 is 0 Å². The van der Waals surface area contributed by atoms with Crippen LogP contribution in [0.3, 0.4) is 0 Å². The molecule has 0 aromatic heterocycles. The summed E-state index contributed by atoms with van der Waals surface area (Å²) in [6.07, 6.45) is 3.54. The average molecular weight is 118 g/mol. The van der Waals surface area contributed by atoms with Crippen molar-refractivity contribution in [2.45, 2.75) is 19.8 Å². The molecule has 1 nitrogen and oxygen atoms in total. The van der Waals surface area contributed by atoms with Crippen molar-refractivity contribution in [3.8, 4) is 0 Å². The van der Waals surface area contributed by atoms with Gasteiger partial charge in [-0.1, -0.05) is 13.3 Å². The normalized spacial score (nSPS) is 10.2. The maximum atomic E-state index is 11.1. The fourth-order valence-electron chi connectivity index (χ4n) is 0.332. The van der Waals surface area contributed by atoms with Crippen molar-refractivity contribution in [2.24, 2.45) is 0 Å². The molecular formula is C6H11FO. The Morgan fingerprint density at radius 3 is 2.88 bits per heavy atom. The maximum Gasteiger partial charge on any atom is 0.121 e. The lowest BCUT2D eigenvalue weighted by Crippen LogP contribution is -1.83. The number of rotatable bonds is 4. The third-order valence-corrected chi connectivity index (χ3v) is 0.763. The summed E-state index contributed by atoms with van der Waals surface area (Å²) in [5, 5.41) is 0. The first-order valence-electron chi connectivity index (χ1n) is 2.78. The quantitative estimate of drug-likeness (QED) is 0.406. The summed E-state index contributed by atoms with van der Waals surface area (Å²) in [6, 6.07) is 0. The summed E-state index contributed by atoms with van der Waals surface area (Å²) >= 11 is 0. The van der Waals surface area contributed by atoms with E-state index in [9.17, 15) is 4.39 Å². The molecule has 0 bridgehead atoms. The van der Waals surface area contributed by atoms with E-state index in [1.54, 1.807) is 0 Å². The smallest absolute Gasteiger partial charge is 0.121 e. The van der Waals surface area contributed by atoms with Crippen LogP contribution in [0.4, 0.5) is 4.39 Å². The van der Waals surface area contributed by atoms with E-state index < -0.39 is 0 Å². The standard InChI is InChI=1S/C6H11FO/c1-2-3-5-8-6-4-7/h4,6H,2-3,5H2,1H3/b6-4+. The van der Waals surface area contributed by atoms with Crippen molar-refractivity contribution < 1.29 is 9.13 Å². The van der Waals surface area contributed by atoms with Crippen LogP contribution in [0.25, 0.3) is 0 Å². The van der Waals surface area contributed by atoms with Crippen LogP contribution in [-0.2, 0) is 4.74 Å². The van der Waals surface area contributed by atoms with Crippen LogP contribution >= 0.6 is 0 Å². The van der Waals surface area contributed by atoms with Crippen LogP contribution in [0.5, 0.6) is 0 Å². The Labute approximate surface area is 49.2 Å². The highest BCUT2D eigenvalue weighted by molar-refractivity contribution is 4.56. The molecule has 0 aliphatic rings. The molecular weight excluding hydrogens is 107 g/mol. The van der Waals surface area contributed by atoms with Gasteiger partial charge in [0.05, 0.1) is 6.61 Å². The lowest BCUT2D eigenvalue weighted by Gasteiger charge is -1.94. The molecule has 0 aromatic rings. The van der Waals surface area contributed by atoms with Gasteiger partial charge in [-0.2, -0.15) is 0 Å². The molecule has 0 fully saturated rings. The molecule has 0 N–H and O–H groups in total. The summed E-state index contributed by atoms with van der Waals surface area (Å²) in [7, 11) is 0. The van der Waals surface area contributed by atoms with E-state index in [2.05, 4.69) is 11.7 Å². The van der Waals surface area contributed by atoms with E-state index >= 15 is 0 Å². The largest absolute Gasteiger partial charge is 0.499 e. The molecule has 0 unspecified atom stereocenters. The molecule has 0 saturated carbocycles. The second-order valence-corrected chi connectivity index (χ2v) is 1.49. The van der Waals surface area contributed by atoms with Crippen molar-refractivity contribution in [1.82, 2.24) is 0 Å². The van der Waals surface area contributed by atoms with E-state index in [-0.39, 0.29) is 0 Å². The van der Waals surface area contributed by atoms with Crippen molar-refractivity contribution in [2.75, 3.05) is 6.61 Å². The Bertz CT molecular complexity index is 61.5. The zero-order valence-corrected chi connectivity index (χ0v) is 5.06. The summed E-state index contributed by atoms with van der Waals surface area (Å²) in [6.45, 7) is 2.68. The van der Waals surface area contributed by atoms with Gasteiger partial charge in [-0.3, -0.25) is 0 Å². The fourth-order valence-corrected chi connectivity index (χ4v) is 0.332. The zero-order valence-electron chi connectivity index (χ0n) is 5.06. The zero-order chi connectivity index (χ0) is 6.24. The number of halogens is 1. The highest BCUT2D eigenvalue weighted by atomic mass is 19.1. The van der Waals surface area contributed by atoms with Crippen molar-refractivity contribution >= 4 is 0 Å². The molecule has 2 heteroatoms. The van der Waals surface area contributed by atoms with E-state index in [4.69, 9.17) is 0 Å². The molecule has 0 aromatic carbocycles. The molecule has 48 valence electrons. The van der Waals surface area contributed by atoms with Gasteiger partial charge >= 0.3 is 0 Å². The highest BCUT2D eigenvalue weighted by Crippen LogP contribution is 1.87. The van der Waals surface area contributed by atoms with E-state index in [1.165, 1.54) is 0 Å². The monoisotopic (exact) mass is 118 g/mol. The van der Waals surface area contributed by atoms with Crippen molar-refractivity contribution in [3.63, 3.8) is 0 Å². The average Bonchev–Trinajstić information content (AvgIpc) is 1.81. The van der Waals surface area contributed by atoms with Gasteiger partial charge in [0.1, 0.15) is 12.6 Å². The minimum Gasteiger partial charge on any atom is -0.499 e. The van der Waals surface area contributed by atoms with Gasteiger partial charge in [-0.25, -0.2) is 4.39 Å². The Balaban J connectivity index is 2.72. The van der Waals surface area contributed by atoms with Crippen LogP contribution in [0.1, 0.15) is 19.8 Å². The predicted molar refractivity (Wildman–Crippen MR) is 31.1 cm³/mol. The molecule has 0 aliphatic carbocycles. The van der Waals surface area contributed by atoms with E-state index in [0.717, 1.165) is 19.1 Å². The Hall–Kier alpha value is -0.530. The van der Waals surface area contributed by atoms with E-state index in [1.807, 2.05) is 0 Å². The third-order valence-electron chi connectivity index (χ3n) is 0.763. The first-order valence-corrected chi connectivity index (χ1v) is 2.78. The molecule has 0 saturated heterocycles. The van der Waals surface area contributed by atoms with Gasteiger partial charge in [-0.15, -0.1) is 0 Å². The Kier molecular flexibility index (Phi) is 6.04. The molecule has 0 atom stereocenters. The van der Waals surface area contributed by atoms with Gasteiger partial charge in [0.15, 0.2) is 0 Å². The summed E-state index contributed by atoms with van der Waals surface area (Å²) in [4.78, 5) is 0. The van der Waals surface area contributed by atoms with Gasteiger partial charge in [0, 0.05) is 0 Å². The first kappa shape index (κ1) is 7.47. The van der Waals surface area contributed by atoms with Crippen LogP contribution in [0.15, 0.2) is 12.6 Å². The second-order valence-electron chi connectivity index (χ2n) is 1.49. The third kappa shape index (κ3) is 5.47. The molecule has 0 rings (SSSR count). The minimum atomic E-state index is 0.398. The van der Waals surface area contributed by atoms with Crippen LogP contribution in [0.2, 0.25) is 0 Å².